The van der Waals surface area contributed by atoms with Crippen molar-refractivity contribution in [2.75, 3.05) is 0 Å². The Balaban J connectivity index is 1.99. The number of hydrogen-bond acceptors (Lipinski definition) is 3. The standard InChI is InChI=1S/C17H31BrN2S/c1-2-3-4-5-6-7-8-9-10-11-15(20-19)14-16-12-13-17(18)21-16/h12-13,15,20H,2-11,14,19H2,1H3. The summed E-state index contributed by atoms with van der Waals surface area (Å²) in [5, 5.41) is 0. The summed E-state index contributed by atoms with van der Waals surface area (Å²) in [4.78, 5) is 1.40. The highest BCUT2D eigenvalue weighted by molar-refractivity contribution is 9.11. The Labute approximate surface area is 143 Å². The Morgan fingerprint density at radius 2 is 1.67 bits per heavy atom. The molecule has 1 aromatic rings. The fourth-order valence-corrected chi connectivity index (χ4v) is 4.21. The number of nitrogens with one attached hydrogen (secondary N) is 1. The van der Waals surface area contributed by atoms with Crippen LogP contribution in [0.2, 0.25) is 0 Å². The Morgan fingerprint density at radius 1 is 1.05 bits per heavy atom. The summed E-state index contributed by atoms with van der Waals surface area (Å²) in [5.74, 6) is 5.68. The van der Waals surface area contributed by atoms with Crippen LogP contribution in [0.4, 0.5) is 0 Å². The second-order valence-corrected chi connectivity index (χ2v) is 8.44. The van der Waals surface area contributed by atoms with Gasteiger partial charge in [-0.2, -0.15) is 0 Å². The fraction of sp³-hybridized carbons (Fsp3) is 0.765. The van der Waals surface area contributed by atoms with Crippen molar-refractivity contribution in [1.29, 1.82) is 0 Å². The summed E-state index contributed by atoms with van der Waals surface area (Å²) in [6.07, 6.45) is 14.7. The van der Waals surface area contributed by atoms with E-state index in [0.717, 1.165) is 6.42 Å². The summed E-state index contributed by atoms with van der Waals surface area (Å²) in [5.41, 5.74) is 2.98. The van der Waals surface area contributed by atoms with Gasteiger partial charge < -0.3 is 0 Å². The second kappa shape index (κ2) is 12.6. The molecule has 122 valence electrons. The maximum Gasteiger partial charge on any atom is 0.0701 e. The zero-order valence-corrected chi connectivity index (χ0v) is 15.8. The van der Waals surface area contributed by atoms with Gasteiger partial charge in [0.25, 0.3) is 0 Å². The molecule has 1 unspecified atom stereocenters. The first kappa shape index (κ1) is 19.1. The highest BCUT2D eigenvalue weighted by Gasteiger charge is 2.09. The third-order valence-corrected chi connectivity index (χ3v) is 5.61. The molecule has 3 N–H and O–H groups in total. The van der Waals surface area contributed by atoms with E-state index in [4.69, 9.17) is 5.84 Å². The van der Waals surface area contributed by atoms with Crippen molar-refractivity contribution in [1.82, 2.24) is 5.43 Å². The van der Waals surface area contributed by atoms with E-state index < -0.39 is 0 Å². The van der Waals surface area contributed by atoms with Gasteiger partial charge >= 0.3 is 0 Å². The summed E-state index contributed by atoms with van der Waals surface area (Å²) in [6, 6.07) is 4.72. The van der Waals surface area contributed by atoms with E-state index in [1.807, 2.05) is 11.3 Å². The van der Waals surface area contributed by atoms with Crippen LogP contribution in [0.15, 0.2) is 15.9 Å². The molecule has 1 rings (SSSR count). The average Bonchev–Trinajstić information content (AvgIpc) is 2.89. The number of hydrazine groups is 1. The topological polar surface area (TPSA) is 38.0 Å². The number of unbranched alkanes of at least 4 members (excludes halogenated alkanes) is 8. The van der Waals surface area contributed by atoms with Crippen molar-refractivity contribution in [2.45, 2.75) is 83.6 Å². The molecule has 0 aliphatic heterocycles. The lowest BCUT2D eigenvalue weighted by Crippen LogP contribution is -2.36. The molecule has 0 fully saturated rings. The Morgan fingerprint density at radius 3 is 2.19 bits per heavy atom. The first-order chi connectivity index (χ1) is 10.3. The van der Waals surface area contributed by atoms with Crippen LogP contribution in [0.1, 0.15) is 76.0 Å². The lowest BCUT2D eigenvalue weighted by atomic mass is 10.0. The molecule has 0 radical (unpaired) electrons. The molecule has 0 spiro atoms. The Bertz CT molecular complexity index is 354. The lowest BCUT2D eigenvalue weighted by Gasteiger charge is -2.14. The zero-order valence-electron chi connectivity index (χ0n) is 13.4. The van der Waals surface area contributed by atoms with Gasteiger partial charge in [-0.1, -0.05) is 64.7 Å². The maximum atomic E-state index is 5.68. The van der Waals surface area contributed by atoms with Gasteiger partial charge in [-0.15, -0.1) is 11.3 Å². The van der Waals surface area contributed by atoms with E-state index in [9.17, 15) is 0 Å². The van der Waals surface area contributed by atoms with Crippen molar-refractivity contribution in [3.05, 3.63) is 20.8 Å². The Kier molecular flexibility index (Phi) is 11.5. The highest BCUT2D eigenvalue weighted by atomic mass is 79.9. The van der Waals surface area contributed by atoms with Crippen LogP contribution in [-0.4, -0.2) is 6.04 Å². The van der Waals surface area contributed by atoms with Crippen molar-refractivity contribution < 1.29 is 0 Å². The molecular formula is C17H31BrN2S. The van der Waals surface area contributed by atoms with E-state index in [1.54, 1.807) is 0 Å². The predicted octanol–water partition coefficient (Wildman–Crippen LogP) is 5.81. The molecule has 4 heteroatoms. The molecule has 0 amide bonds. The number of rotatable bonds is 13. The number of hydrogen-bond donors (Lipinski definition) is 2. The average molecular weight is 375 g/mol. The molecule has 0 saturated heterocycles. The van der Waals surface area contributed by atoms with Gasteiger partial charge in [0, 0.05) is 10.9 Å². The van der Waals surface area contributed by atoms with Gasteiger partial charge in [-0.25, -0.2) is 0 Å². The molecule has 0 saturated carbocycles. The monoisotopic (exact) mass is 374 g/mol. The van der Waals surface area contributed by atoms with Crippen LogP contribution >= 0.6 is 27.3 Å². The van der Waals surface area contributed by atoms with E-state index in [2.05, 4.69) is 40.4 Å². The van der Waals surface area contributed by atoms with E-state index in [0.29, 0.717) is 6.04 Å². The minimum Gasteiger partial charge on any atom is -0.271 e. The van der Waals surface area contributed by atoms with E-state index in [1.165, 1.54) is 72.9 Å². The molecule has 1 atom stereocenters. The van der Waals surface area contributed by atoms with E-state index in [-0.39, 0.29) is 0 Å². The summed E-state index contributed by atoms with van der Waals surface area (Å²) in [6.45, 7) is 2.27. The minimum absolute atomic E-state index is 0.417. The van der Waals surface area contributed by atoms with Gasteiger partial charge in [0.1, 0.15) is 0 Å². The molecule has 0 aromatic carbocycles. The summed E-state index contributed by atoms with van der Waals surface area (Å²) < 4.78 is 1.20. The normalized spacial score (nSPS) is 12.7. The van der Waals surface area contributed by atoms with Crippen molar-refractivity contribution >= 4 is 27.3 Å². The Hall–Kier alpha value is 0.1000. The molecule has 0 aliphatic rings. The summed E-state index contributed by atoms with van der Waals surface area (Å²) >= 11 is 5.32. The maximum absolute atomic E-state index is 5.68. The van der Waals surface area contributed by atoms with E-state index >= 15 is 0 Å². The molecule has 2 nitrogen and oxygen atoms in total. The van der Waals surface area contributed by atoms with Gasteiger partial charge in [0.05, 0.1) is 3.79 Å². The third kappa shape index (κ3) is 9.67. The zero-order chi connectivity index (χ0) is 15.3. The van der Waals surface area contributed by atoms with Crippen LogP contribution in [0.5, 0.6) is 0 Å². The van der Waals surface area contributed by atoms with Crippen LogP contribution in [0.3, 0.4) is 0 Å². The minimum atomic E-state index is 0.417. The molecular weight excluding hydrogens is 344 g/mol. The fourth-order valence-electron chi connectivity index (χ4n) is 2.65. The largest absolute Gasteiger partial charge is 0.271 e. The smallest absolute Gasteiger partial charge is 0.0701 e. The lowest BCUT2D eigenvalue weighted by molar-refractivity contribution is 0.460. The van der Waals surface area contributed by atoms with Gasteiger partial charge in [0.15, 0.2) is 0 Å². The predicted molar refractivity (Wildman–Crippen MR) is 98.7 cm³/mol. The quantitative estimate of drug-likeness (QED) is 0.260. The first-order valence-corrected chi connectivity index (χ1v) is 10.1. The van der Waals surface area contributed by atoms with Gasteiger partial charge in [-0.3, -0.25) is 11.3 Å². The van der Waals surface area contributed by atoms with Crippen molar-refractivity contribution in [3.63, 3.8) is 0 Å². The number of nitrogens with two attached hydrogens (primary N) is 1. The van der Waals surface area contributed by atoms with Gasteiger partial charge in [-0.05, 0) is 40.9 Å². The first-order valence-electron chi connectivity index (χ1n) is 8.46. The van der Waals surface area contributed by atoms with Crippen LogP contribution in [0.25, 0.3) is 0 Å². The van der Waals surface area contributed by atoms with Crippen molar-refractivity contribution in [2.24, 2.45) is 5.84 Å². The highest BCUT2D eigenvalue weighted by Crippen LogP contribution is 2.24. The van der Waals surface area contributed by atoms with Crippen molar-refractivity contribution in [3.8, 4) is 0 Å². The van der Waals surface area contributed by atoms with Gasteiger partial charge in [0.2, 0.25) is 0 Å². The second-order valence-electron chi connectivity index (χ2n) is 5.89. The molecule has 0 bridgehead atoms. The molecule has 0 aliphatic carbocycles. The van der Waals surface area contributed by atoms with Crippen LogP contribution in [0, 0.1) is 0 Å². The summed E-state index contributed by atoms with van der Waals surface area (Å²) in [7, 11) is 0. The number of thiophene rings is 1. The third-order valence-electron chi connectivity index (χ3n) is 3.97. The molecule has 1 aromatic heterocycles. The molecule has 1 heterocycles. The van der Waals surface area contributed by atoms with Crippen LogP contribution in [-0.2, 0) is 6.42 Å². The van der Waals surface area contributed by atoms with Crippen LogP contribution < -0.4 is 11.3 Å². The SMILES string of the molecule is CCCCCCCCCCCC(Cc1ccc(Br)s1)NN. The number of halogens is 1. The molecule has 21 heavy (non-hydrogen) atoms.